The maximum absolute atomic E-state index is 11.4. The lowest BCUT2D eigenvalue weighted by Gasteiger charge is -2.27. The highest BCUT2D eigenvalue weighted by Gasteiger charge is 2.25. The number of alkyl halides is 1. The first kappa shape index (κ1) is 26.3. The molecule has 7 nitrogen and oxygen atoms in total. The van der Waals surface area contributed by atoms with Gasteiger partial charge in [0, 0.05) is 11.6 Å². The van der Waals surface area contributed by atoms with Crippen LogP contribution in [0.4, 0.5) is 5.82 Å². The first-order chi connectivity index (χ1) is 16.0. The van der Waals surface area contributed by atoms with Gasteiger partial charge < -0.3 is 9.47 Å². The number of nitrogens with zero attached hydrogens (tertiary/aromatic N) is 2. The molecule has 34 heavy (non-hydrogen) atoms. The van der Waals surface area contributed by atoms with Crippen molar-refractivity contribution in [1.82, 2.24) is 9.97 Å². The molecular formula is C23H24Cl3N3O4S. The minimum Gasteiger partial charge on any atom is -0.489 e. The van der Waals surface area contributed by atoms with Crippen molar-refractivity contribution < 1.29 is 17.9 Å². The fraction of sp³-hybridized carbons (Fsp3) is 0.304. The van der Waals surface area contributed by atoms with Gasteiger partial charge in [-0.25, -0.2) is 18.4 Å². The Morgan fingerprint density at radius 1 is 1.00 bits per heavy atom. The molecule has 0 atom stereocenters. The zero-order valence-electron chi connectivity index (χ0n) is 18.8. The number of ether oxygens (including phenoxy) is 2. The van der Waals surface area contributed by atoms with Crippen molar-refractivity contribution in [1.29, 1.82) is 0 Å². The van der Waals surface area contributed by atoms with E-state index in [1.165, 1.54) is 12.3 Å². The van der Waals surface area contributed by atoms with Gasteiger partial charge in [-0.1, -0.05) is 49.2 Å². The summed E-state index contributed by atoms with van der Waals surface area (Å²) >= 11 is 18.5. The van der Waals surface area contributed by atoms with E-state index < -0.39 is 15.4 Å². The molecule has 1 aromatic heterocycles. The topological polar surface area (TPSA) is 90.4 Å². The van der Waals surface area contributed by atoms with Crippen LogP contribution in [0.5, 0.6) is 11.5 Å². The van der Waals surface area contributed by atoms with Gasteiger partial charge in [0.25, 0.3) is 0 Å². The van der Waals surface area contributed by atoms with Crippen LogP contribution in [-0.2, 0) is 22.0 Å². The Kier molecular flexibility index (Phi) is 8.52. The van der Waals surface area contributed by atoms with Crippen molar-refractivity contribution in [3.05, 3.63) is 75.7 Å². The molecule has 0 bridgehead atoms. The van der Waals surface area contributed by atoms with Gasteiger partial charge in [0.15, 0.2) is 11.6 Å². The second kappa shape index (κ2) is 11.0. The highest BCUT2D eigenvalue weighted by molar-refractivity contribution is 7.92. The largest absolute Gasteiger partial charge is 0.489 e. The number of halogens is 3. The van der Waals surface area contributed by atoms with E-state index >= 15 is 0 Å². The van der Waals surface area contributed by atoms with Crippen LogP contribution in [0.3, 0.4) is 0 Å². The second-order valence-corrected chi connectivity index (χ2v) is 10.9. The highest BCUT2D eigenvalue weighted by atomic mass is 35.5. The number of benzene rings is 2. The molecule has 0 saturated carbocycles. The Hall–Kier alpha value is -2.26. The summed E-state index contributed by atoms with van der Waals surface area (Å²) in [5.41, 5.74) is 1.56. The molecule has 0 saturated heterocycles. The van der Waals surface area contributed by atoms with Crippen LogP contribution in [0.1, 0.15) is 30.8 Å². The Balaban J connectivity index is 1.72. The summed E-state index contributed by atoms with van der Waals surface area (Å²) in [6.45, 7) is 4.53. The average Bonchev–Trinajstić information content (AvgIpc) is 2.76. The standard InChI is InChI=1S/C23H24Cl3N3O4S/c1-23(2,16-12-18(25)22(19(26)13-16)32-11-9-24)15-4-6-17(7-5-15)33-14-21-27-10-8-20(28-21)29-34(3,30)31/h4-8,10,12-13H,9,11,14H2,1-3H3,(H,27,28,29). The summed E-state index contributed by atoms with van der Waals surface area (Å²) in [5.74, 6) is 1.91. The molecule has 0 amide bonds. The predicted octanol–water partition coefficient (Wildman–Crippen LogP) is 5.68. The van der Waals surface area contributed by atoms with Gasteiger partial charge in [-0.05, 0) is 41.5 Å². The van der Waals surface area contributed by atoms with Crippen molar-refractivity contribution in [2.24, 2.45) is 0 Å². The Morgan fingerprint density at radius 2 is 1.65 bits per heavy atom. The first-order valence-electron chi connectivity index (χ1n) is 10.2. The van der Waals surface area contributed by atoms with E-state index in [4.69, 9.17) is 44.3 Å². The van der Waals surface area contributed by atoms with Gasteiger partial charge in [0.05, 0.1) is 22.2 Å². The quantitative estimate of drug-likeness (QED) is 0.330. The van der Waals surface area contributed by atoms with Gasteiger partial charge in [-0.15, -0.1) is 11.6 Å². The average molecular weight is 545 g/mol. The van der Waals surface area contributed by atoms with E-state index in [0.717, 1.165) is 17.4 Å². The third-order valence-corrected chi connectivity index (χ3v) is 6.28. The summed E-state index contributed by atoms with van der Waals surface area (Å²) in [7, 11) is -3.42. The van der Waals surface area contributed by atoms with E-state index in [2.05, 4.69) is 28.5 Å². The number of sulfonamides is 1. The van der Waals surface area contributed by atoms with Crippen LogP contribution in [0.15, 0.2) is 48.7 Å². The van der Waals surface area contributed by atoms with Gasteiger partial charge in [-0.3, -0.25) is 4.72 Å². The Bertz CT molecular complexity index is 1230. The van der Waals surface area contributed by atoms with Crippen LogP contribution in [0.2, 0.25) is 10.0 Å². The van der Waals surface area contributed by atoms with E-state index in [-0.39, 0.29) is 12.4 Å². The molecule has 11 heteroatoms. The molecule has 0 aliphatic heterocycles. The summed E-state index contributed by atoms with van der Waals surface area (Å²) in [6, 6.07) is 12.8. The molecule has 0 spiro atoms. The monoisotopic (exact) mass is 543 g/mol. The summed E-state index contributed by atoms with van der Waals surface area (Å²) in [5, 5.41) is 0.849. The number of nitrogens with one attached hydrogen (secondary N) is 1. The lowest BCUT2D eigenvalue weighted by molar-refractivity contribution is 0.296. The zero-order valence-corrected chi connectivity index (χ0v) is 21.9. The van der Waals surface area contributed by atoms with Crippen LogP contribution in [0, 0.1) is 0 Å². The predicted molar refractivity (Wildman–Crippen MR) is 136 cm³/mol. The minimum absolute atomic E-state index is 0.0804. The van der Waals surface area contributed by atoms with Gasteiger partial charge in [0.2, 0.25) is 10.0 Å². The first-order valence-corrected chi connectivity index (χ1v) is 13.4. The molecule has 1 heterocycles. The summed E-state index contributed by atoms with van der Waals surface area (Å²) in [4.78, 5) is 8.25. The zero-order chi connectivity index (χ0) is 24.9. The lowest BCUT2D eigenvalue weighted by atomic mass is 9.78. The van der Waals surface area contributed by atoms with Crippen LogP contribution in [0.25, 0.3) is 0 Å². The highest BCUT2D eigenvalue weighted by Crippen LogP contribution is 2.40. The number of anilines is 1. The molecule has 0 aliphatic rings. The number of rotatable bonds is 10. The number of aromatic nitrogens is 2. The molecule has 0 unspecified atom stereocenters. The maximum atomic E-state index is 11.4. The summed E-state index contributed by atoms with van der Waals surface area (Å²) in [6.07, 6.45) is 2.52. The molecule has 3 rings (SSSR count). The van der Waals surface area contributed by atoms with Gasteiger partial charge in [0.1, 0.15) is 24.8 Å². The van der Waals surface area contributed by atoms with E-state index in [0.29, 0.717) is 39.9 Å². The van der Waals surface area contributed by atoms with Gasteiger partial charge in [-0.2, -0.15) is 0 Å². The molecule has 0 radical (unpaired) electrons. The molecule has 1 N–H and O–H groups in total. The van der Waals surface area contributed by atoms with E-state index in [1.54, 1.807) is 0 Å². The van der Waals surface area contributed by atoms with Gasteiger partial charge >= 0.3 is 0 Å². The normalized spacial score (nSPS) is 11.8. The Labute approximate surface area is 214 Å². The molecule has 182 valence electrons. The number of hydrogen-bond acceptors (Lipinski definition) is 6. The van der Waals surface area contributed by atoms with E-state index in [9.17, 15) is 8.42 Å². The number of hydrogen-bond donors (Lipinski definition) is 1. The van der Waals surface area contributed by atoms with Crippen LogP contribution in [-0.4, -0.2) is 37.1 Å². The van der Waals surface area contributed by atoms with Crippen molar-refractivity contribution in [2.45, 2.75) is 25.9 Å². The van der Waals surface area contributed by atoms with Crippen LogP contribution < -0.4 is 14.2 Å². The fourth-order valence-corrected chi connectivity index (χ4v) is 4.36. The van der Waals surface area contributed by atoms with Crippen molar-refractivity contribution >= 4 is 50.6 Å². The Morgan fingerprint density at radius 3 is 2.24 bits per heavy atom. The maximum Gasteiger partial charge on any atom is 0.230 e. The third-order valence-electron chi connectivity index (χ3n) is 4.98. The minimum atomic E-state index is -3.42. The smallest absolute Gasteiger partial charge is 0.230 e. The lowest BCUT2D eigenvalue weighted by Crippen LogP contribution is -2.19. The molecule has 0 fully saturated rings. The van der Waals surface area contributed by atoms with E-state index in [1.807, 2.05) is 36.4 Å². The summed E-state index contributed by atoms with van der Waals surface area (Å²) < 4.78 is 36.4. The van der Waals surface area contributed by atoms with Crippen molar-refractivity contribution in [3.8, 4) is 11.5 Å². The molecule has 3 aromatic rings. The molecule has 0 aliphatic carbocycles. The molecular weight excluding hydrogens is 521 g/mol. The molecule has 2 aromatic carbocycles. The fourth-order valence-electron chi connectivity index (χ4n) is 3.20. The third kappa shape index (κ3) is 6.88. The second-order valence-electron chi connectivity index (χ2n) is 7.98. The van der Waals surface area contributed by atoms with Crippen molar-refractivity contribution in [3.63, 3.8) is 0 Å². The van der Waals surface area contributed by atoms with Crippen molar-refractivity contribution in [2.75, 3.05) is 23.5 Å². The SMILES string of the molecule is CC(C)(c1ccc(OCc2nccc(NS(C)(=O)=O)n2)cc1)c1cc(Cl)c(OCCCl)c(Cl)c1. The van der Waals surface area contributed by atoms with Crippen LogP contribution >= 0.6 is 34.8 Å².